The Labute approximate surface area is 73.2 Å². The fourth-order valence-corrected chi connectivity index (χ4v) is 0.753. The van der Waals surface area contributed by atoms with Gasteiger partial charge in [-0.3, -0.25) is 14.9 Å². The Balaban J connectivity index is 2.79. The van der Waals surface area contributed by atoms with Gasteiger partial charge < -0.3 is 4.84 Å². The molecule has 1 amide bonds. The van der Waals surface area contributed by atoms with Crippen LogP contribution in [0.3, 0.4) is 0 Å². The molecule has 0 aliphatic rings. The van der Waals surface area contributed by atoms with Gasteiger partial charge in [-0.1, -0.05) is 6.07 Å². The van der Waals surface area contributed by atoms with Crippen molar-refractivity contribution in [1.29, 1.82) is 0 Å². The predicted molar refractivity (Wildman–Crippen MR) is 42.9 cm³/mol. The zero-order valence-electron chi connectivity index (χ0n) is 6.47. The molecule has 1 rings (SSSR count). The fraction of sp³-hybridized carbons (Fsp3) is 0. The number of benzene rings is 1. The Morgan fingerprint density at radius 3 is 2.92 bits per heavy atom. The summed E-state index contributed by atoms with van der Waals surface area (Å²) < 4.78 is 0. The summed E-state index contributed by atoms with van der Waals surface area (Å²) in [4.78, 5) is 24.2. The van der Waals surface area contributed by atoms with Crippen molar-refractivity contribution in [3.05, 3.63) is 34.4 Å². The van der Waals surface area contributed by atoms with Crippen LogP contribution in [-0.4, -0.2) is 11.3 Å². The van der Waals surface area contributed by atoms with Crippen molar-refractivity contribution in [2.24, 2.45) is 0 Å². The number of rotatable bonds is 4. The Kier molecular flexibility index (Phi) is 2.80. The predicted octanol–water partition coefficient (Wildman–Crippen LogP) is 0.635. The number of nitrogens with zero attached hydrogens (tertiary/aromatic N) is 1. The summed E-state index contributed by atoms with van der Waals surface area (Å²) in [5, 5.41) is 10.3. The maximum atomic E-state index is 10.3. The third kappa shape index (κ3) is 2.44. The summed E-state index contributed by atoms with van der Waals surface area (Å²) >= 11 is 0. The largest absolute Gasteiger partial charge is 0.379 e. The van der Waals surface area contributed by atoms with Crippen molar-refractivity contribution in [3.63, 3.8) is 0 Å². The van der Waals surface area contributed by atoms with Gasteiger partial charge in [0.2, 0.25) is 6.41 Å². The van der Waals surface area contributed by atoms with E-state index in [0.717, 1.165) is 0 Å². The van der Waals surface area contributed by atoms with Crippen molar-refractivity contribution in [3.8, 4) is 5.75 Å². The van der Waals surface area contributed by atoms with E-state index in [0.29, 0.717) is 6.41 Å². The number of nitro benzene ring substituents is 1. The Bertz CT molecular complexity index is 326. The molecule has 0 bridgehead atoms. The van der Waals surface area contributed by atoms with Crippen molar-refractivity contribution in [2.75, 3.05) is 0 Å². The lowest BCUT2D eigenvalue weighted by atomic mass is 10.3. The van der Waals surface area contributed by atoms with Gasteiger partial charge in [-0.25, -0.2) is 0 Å². The van der Waals surface area contributed by atoms with Gasteiger partial charge in [0.05, 0.1) is 11.0 Å². The molecule has 6 nitrogen and oxygen atoms in total. The Morgan fingerprint density at radius 1 is 1.54 bits per heavy atom. The van der Waals surface area contributed by atoms with Gasteiger partial charge in [-0.05, 0) is 6.07 Å². The third-order valence-corrected chi connectivity index (χ3v) is 1.25. The molecular weight excluding hydrogens is 176 g/mol. The number of nitro groups is 1. The third-order valence-electron chi connectivity index (χ3n) is 1.25. The molecule has 6 heteroatoms. The molecule has 0 fully saturated rings. The monoisotopic (exact) mass is 182 g/mol. The molecule has 68 valence electrons. The van der Waals surface area contributed by atoms with Crippen LogP contribution < -0.4 is 10.3 Å². The first-order valence-corrected chi connectivity index (χ1v) is 3.34. The number of non-ortho nitro benzene ring substituents is 1. The lowest BCUT2D eigenvalue weighted by Crippen LogP contribution is -2.15. The van der Waals surface area contributed by atoms with Crippen molar-refractivity contribution in [2.45, 2.75) is 0 Å². The van der Waals surface area contributed by atoms with Crippen molar-refractivity contribution in [1.82, 2.24) is 5.48 Å². The molecule has 1 N–H and O–H groups in total. The van der Waals surface area contributed by atoms with E-state index in [-0.39, 0.29) is 11.4 Å². The number of hydrogen-bond donors (Lipinski definition) is 1. The summed E-state index contributed by atoms with van der Waals surface area (Å²) in [6.45, 7) is 0. The molecule has 1 aromatic carbocycles. The molecule has 0 saturated carbocycles. The minimum absolute atomic E-state index is 0.0924. The van der Waals surface area contributed by atoms with Crippen LogP contribution in [0, 0.1) is 10.1 Å². The van der Waals surface area contributed by atoms with Crippen molar-refractivity contribution >= 4 is 12.1 Å². The van der Waals surface area contributed by atoms with Gasteiger partial charge in [0, 0.05) is 6.07 Å². The average molecular weight is 182 g/mol. The minimum atomic E-state index is -0.548. The highest BCUT2D eigenvalue weighted by molar-refractivity contribution is 5.45. The molecule has 0 spiro atoms. The summed E-state index contributed by atoms with van der Waals surface area (Å²) in [5.74, 6) is 0.210. The number of hydrogen-bond acceptors (Lipinski definition) is 4. The first-order chi connectivity index (χ1) is 6.24. The summed E-state index contributed by atoms with van der Waals surface area (Å²) in [7, 11) is 0. The van der Waals surface area contributed by atoms with Gasteiger partial charge in [0.1, 0.15) is 0 Å². The molecular formula is C7H6N2O4. The average Bonchev–Trinajstić information content (AvgIpc) is 2.15. The normalized spacial score (nSPS) is 8.92. The molecule has 0 unspecified atom stereocenters. The molecule has 0 radical (unpaired) electrons. The maximum absolute atomic E-state index is 10.3. The van der Waals surface area contributed by atoms with Gasteiger partial charge in [0.25, 0.3) is 5.69 Å². The maximum Gasteiger partial charge on any atom is 0.273 e. The number of carbonyl (C=O) groups is 1. The van der Waals surface area contributed by atoms with Gasteiger partial charge >= 0.3 is 0 Å². The summed E-state index contributed by atoms with van der Waals surface area (Å²) in [6, 6.07) is 5.48. The smallest absolute Gasteiger partial charge is 0.273 e. The first-order valence-electron chi connectivity index (χ1n) is 3.34. The topological polar surface area (TPSA) is 81.5 Å². The van der Waals surface area contributed by atoms with Gasteiger partial charge in [0.15, 0.2) is 5.75 Å². The highest BCUT2D eigenvalue weighted by atomic mass is 16.7. The standard InChI is InChI=1S/C7H6N2O4/c10-5-8-13-7-3-1-2-6(4-7)9(11)12/h1-5H,(H,8,10). The van der Waals surface area contributed by atoms with Gasteiger partial charge in [-0.15, -0.1) is 0 Å². The zero-order valence-corrected chi connectivity index (χ0v) is 6.47. The highest BCUT2D eigenvalue weighted by Gasteiger charge is 2.05. The van der Waals surface area contributed by atoms with E-state index in [4.69, 9.17) is 0 Å². The van der Waals surface area contributed by atoms with Crippen LogP contribution in [0.15, 0.2) is 24.3 Å². The van der Waals surface area contributed by atoms with E-state index in [1.54, 1.807) is 0 Å². The second-order valence-corrected chi connectivity index (χ2v) is 2.09. The second-order valence-electron chi connectivity index (χ2n) is 2.09. The first kappa shape index (κ1) is 8.98. The van der Waals surface area contributed by atoms with E-state index in [1.165, 1.54) is 24.3 Å². The Hall–Kier alpha value is -2.11. The van der Waals surface area contributed by atoms with E-state index in [1.807, 2.05) is 5.48 Å². The fourth-order valence-electron chi connectivity index (χ4n) is 0.753. The van der Waals surface area contributed by atoms with Crippen LogP contribution in [0.5, 0.6) is 5.75 Å². The molecule has 0 aliphatic carbocycles. The van der Waals surface area contributed by atoms with Crippen LogP contribution >= 0.6 is 0 Å². The molecule has 0 aliphatic heterocycles. The van der Waals surface area contributed by atoms with E-state index in [9.17, 15) is 14.9 Å². The van der Waals surface area contributed by atoms with E-state index in [2.05, 4.69) is 4.84 Å². The minimum Gasteiger partial charge on any atom is -0.379 e. The quantitative estimate of drug-likeness (QED) is 0.420. The number of amides is 1. The lowest BCUT2D eigenvalue weighted by molar-refractivity contribution is -0.385. The van der Waals surface area contributed by atoms with Crippen LogP contribution in [0.25, 0.3) is 0 Å². The van der Waals surface area contributed by atoms with E-state index >= 15 is 0 Å². The number of carbonyl (C=O) groups excluding carboxylic acids is 1. The van der Waals surface area contributed by atoms with Crippen LogP contribution in [0.4, 0.5) is 5.69 Å². The van der Waals surface area contributed by atoms with Crippen molar-refractivity contribution < 1.29 is 14.6 Å². The number of nitrogens with one attached hydrogen (secondary N) is 1. The van der Waals surface area contributed by atoms with Crippen LogP contribution in [0.1, 0.15) is 0 Å². The number of hydroxylamine groups is 1. The van der Waals surface area contributed by atoms with Crippen LogP contribution in [0.2, 0.25) is 0 Å². The Morgan fingerprint density at radius 2 is 2.31 bits per heavy atom. The molecule has 0 atom stereocenters. The second kappa shape index (κ2) is 4.05. The molecule has 1 aromatic rings. The van der Waals surface area contributed by atoms with E-state index < -0.39 is 4.92 Å². The molecule has 0 saturated heterocycles. The molecule has 13 heavy (non-hydrogen) atoms. The highest BCUT2D eigenvalue weighted by Crippen LogP contribution is 2.17. The van der Waals surface area contributed by atoms with Gasteiger partial charge in [-0.2, -0.15) is 5.48 Å². The zero-order chi connectivity index (χ0) is 9.68. The lowest BCUT2D eigenvalue weighted by Gasteiger charge is -2.00. The molecule has 0 aromatic heterocycles. The molecule has 0 heterocycles. The SMILES string of the molecule is O=CNOc1cccc([N+](=O)[O-])c1. The summed E-state index contributed by atoms with van der Waals surface area (Å²) in [6.07, 6.45) is 0.332. The summed E-state index contributed by atoms with van der Waals surface area (Å²) in [5.41, 5.74) is 1.84. The van der Waals surface area contributed by atoms with Crippen LogP contribution in [-0.2, 0) is 4.79 Å².